The lowest BCUT2D eigenvalue weighted by atomic mass is 9.96. The summed E-state index contributed by atoms with van der Waals surface area (Å²) in [7, 11) is 0. The van der Waals surface area contributed by atoms with Gasteiger partial charge in [-0.3, -0.25) is 39.2 Å². The number of anilines is 4. The van der Waals surface area contributed by atoms with Gasteiger partial charge in [0.15, 0.2) is 0 Å². The largest absolute Gasteiger partial charge is 0.370 e. The van der Waals surface area contributed by atoms with E-state index in [-0.39, 0.29) is 24.8 Å². The average molecular weight is 794 g/mol. The highest BCUT2D eigenvalue weighted by molar-refractivity contribution is 6.32. The minimum atomic E-state index is -0.966. The number of nitriles is 1. The summed E-state index contributed by atoms with van der Waals surface area (Å²) in [4.78, 5) is 72.7. The van der Waals surface area contributed by atoms with Crippen LogP contribution < -0.4 is 25.3 Å². The van der Waals surface area contributed by atoms with Crippen LogP contribution in [0.1, 0.15) is 65.8 Å². The standard InChI is InChI=1S/C41H48ClN11O4/c1-26-23-52(32-4-3-29(19-43)35(42)18-32)27(2)22-51(26)25-46-30-20-44-41(45-21-30)50-11-9-28(10-12-50)24-48-13-15-49(16-14-48)31-5-6-33-34(17-31)40(57)53(39(33)56)36-7-8-37(54)47-38(36)55/h3-6,17-18,20-21,26-28,36,46H,7-16,22-25H2,1-2H3,(H,47,54,55)/t26-,27+,36?/m1/s1. The lowest BCUT2D eigenvalue weighted by Crippen LogP contribution is -2.57. The SMILES string of the molecule is C[C@@H]1CN(c2ccc(C#N)c(Cl)c2)[C@@H](C)CN1CNc1cnc(N2CCC(CN3CCN(c4ccc5c(c4)C(=O)N(C4CCC(=O)NC4=O)C5=O)CC3)CC2)nc1. The third-order valence-electron chi connectivity index (χ3n) is 12.2. The highest BCUT2D eigenvalue weighted by atomic mass is 35.5. The van der Waals surface area contributed by atoms with Crippen LogP contribution in [0.5, 0.6) is 0 Å². The molecule has 3 atom stereocenters. The molecule has 3 aromatic rings. The molecule has 5 aliphatic heterocycles. The zero-order chi connectivity index (χ0) is 39.8. The van der Waals surface area contributed by atoms with Crippen LogP contribution in [0, 0.1) is 17.2 Å². The van der Waals surface area contributed by atoms with Gasteiger partial charge in [0.25, 0.3) is 11.8 Å². The number of benzene rings is 2. The molecular formula is C41H48ClN11O4. The van der Waals surface area contributed by atoms with Crippen molar-refractivity contribution in [3.63, 3.8) is 0 Å². The number of imide groups is 2. The van der Waals surface area contributed by atoms with Crippen LogP contribution in [-0.2, 0) is 9.59 Å². The zero-order valence-corrected chi connectivity index (χ0v) is 33.1. The molecule has 0 spiro atoms. The molecule has 57 heavy (non-hydrogen) atoms. The summed E-state index contributed by atoms with van der Waals surface area (Å²) >= 11 is 6.33. The summed E-state index contributed by atoms with van der Waals surface area (Å²) in [6.07, 6.45) is 6.14. The van der Waals surface area contributed by atoms with Crippen LogP contribution in [0.2, 0.25) is 5.02 Å². The predicted molar refractivity (Wildman–Crippen MR) is 216 cm³/mol. The van der Waals surface area contributed by atoms with Crippen molar-refractivity contribution >= 4 is 58.2 Å². The van der Waals surface area contributed by atoms with Crippen molar-refractivity contribution in [2.24, 2.45) is 5.92 Å². The minimum Gasteiger partial charge on any atom is -0.370 e. The molecule has 2 N–H and O–H groups in total. The fraction of sp³-hybridized carbons (Fsp3) is 0.488. The molecule has 0 bridgehead atoms. The van der Waals surface area contributed by atoms with E-state index in [0.717, 1.165) is 99.7 Å². The molecule has 0 radical (unpaired) electrons. The molecule has 1 unspecified atom stereocenters. The number of piperidine rings is 2. The number of nitrogens with zero attached hydrogens (tertiary/aromatic N) is 9. The average Bonchev–Trinajstić information content (AvgIpc) is 3.46. The van der Waals surface area contributed by atoms with Gasteiger partial charge >= 0.3 is 0 Å². The van der Waals surface area contributed by atoms with Gasteiger partial charge in [0.1, 0.15) is 12.1 Å². The Hall–Kier alpha value is -5.30. The van der Waals surface area contributed by atoms with Crippen LogP contribution in [0.25, 0.3) is 0 Å². The second-order valence-electron chi connectivity index (χ2n) is 15.9. The Bertz CT molecular complexity index is 2080. The number of carbonyl (C=O) groups is 4. The number of carbonyl (C=O) groups excluding carboxylic acids is 4. The summed E-state index contributed by atoms with van der Waals surface area (Å²) in [6.45, 7) is 13.2. The van der Waals surface area contributed by atoms with Crippen molar-refractivity contribution in [2.75, 3.05) is 85.6 Å². The molecule has 4 saturated heterocycles. The van der Waals surface area contributed by atoms with E-state index in [0.29, 0.717) is 40.3 Å². The first-order chi connectivity index (χ1) is 27.6. The number of halogens is 1. The molecule has 8 rings (SSSR count). The molecule has 15 nitrogen and oxygen atoms in total. The first kappa shape index (κ1) is 38.6. The Morgan fingerprint density at radius 3 is 2.26 bits per heavy atom. The van der Waals surface area contributed by atoms with E-state index in [1.54, 1.807) is 18.2 Å². The van der Waals surface area contributed by atoms with Gasteiger partial charge in [-0.05, 0) is 75.4 Å². The van der Waals surface area contributed by atoms with Crippen molar-refractivity contribution in [3.8, 4) is 6.07 Å². The van der Waals surface area contributed by atoms with Crippen molar-refractivity contribution in [2.45, 2.75) is 57.7 Å². The monoisotopic (exact) mass is 793 g/mol. The van der Waals surface area contributed by atoms with Gasteiger partial charge in [-0.1, -0.05) is 11.6 Å². The van der Waals surface area contributed by atoms with Crippen LogP contribution in [0.15, 0.2) is 48.8 Å². The molecule has 6 heterocycles. The van der Waals surface area contributed by atoms with Gasteiger partial charge < -0.3 is 20.0 Å². The van der Waals surface area contributed by atoms with E-state index in [1.165, 1.54) is 0 Å². The third kappa shape index (κ3) is 7.99. The molecule has 0 aliphatic carbocycles. The van der Waals surface area contributed by atoms with Crippen LogP contribution in [0.4, 0.5) is 23.0 Å². The number of hydrogen-bond acceptors (Lipinski definition) is 13. The van der Waals surface area contributed by atoms with Gasteiger partial charge in [-0.2, -0.15) is 5.26 Å². The lowest BCUT2D eigenvalue weighted by Gasteiger charge is -2.45. The Morgan fingerprint density at radius 2 is 1.56 bits per heavy atom. The normalized spacial score (nSPS) is 23.8. The number of fused-ring (bicyclic) bond motifs is 1. The molecule has 298 valence electrons. The Balaban J connectivity index is 0.765. The molecule has 0 saturated carbocycles. The summed E-state index contributed by atoms with van der Waals surface area (Å²) in [5.41, 5.74) is 3.93. The van der Waals surface area contributed by atoms with Gasteiger partial charge in [0, 0.05) is 88.8 Å². The maximum absolute atomic E-state index is 13.3. The molecule has 4 fully saturated rings. The zero-order valence-electron chi connectivity index (χ0n) is 32.4. The molecule has 1 aromatic heterocycles. The third-order valence-corrected chi connectivity index (χ3v) is 12.5. The van der Waals surface area contributed by atoms with Crippen LogP contribution in [0.3, 0.4) is 0 Å². The summed E-state index contributed by atoms with van der Waals surface area (Å²) in [5.74, 6) is -0.596. The Kier molecular flexibility index (Phi) is 11.0. The van der Waals surface area contributed by atoms with Crippen LogP contribution >= 0.6 is 11.6 Å². The van der Waals surface area contributed by atoms with Crippen molar-refractivity contribution < 1.29 is 19.2 Å². The summed E-state index contributed by atoms with van der Waals surface area (Å²) in [6, 6.07) is 12.8. The molecular weight excluding hydrogens is 746 g/mol. The molecule has 4 amide bonds. The number of hydrogen-bond donors (Lipinski definition) is 2. The number of rotatable bonds is 9. The van der Waals surface area contributed by atoms with E-state index >= 15 is 0 Å². The second kappa shape index (κ2) is 16.3. The van der Waals surface area contributed by atoms with Gasteiger partial charge in [0.05, 0.1) is 46.5 Å². The van der Waals surface area contributed by atoms with Gasteiger partial charge in [-0.15, -0.1) is 0 Å². The highest BCUT2D eigenvalue weighted by Gasteiger charge is 2.45. The van der Waals surface area contributed by atoms with E-state index in [4.69, 9.17) is 21.6 Å². The quantitative estimate of drug-likeness (QED) is 0.304. The maximum Gasteiger partial charge on any atom is 0.262 e. The van der Waals surface area contributed by atoms with Crippen LogP contribution in [-0.4, -0.2) is 132 Å². The first-order valence-corrected chi connectivity index (χ1v) is 20.3. The highest BCUT2D eigenvalue weighted by Crippen LogP contribution is 2.32. The Morgan fingerprint density at radius 1 is 0.842 bits per heavy atom. The maximum atomic E-state index is 13.3. The number of aromatic nitrogens is 2. The number of piperazine rings is 2. The molecule has 2 aromatic carbocycles. The smallest absolute Gasteiger partial charge is 0.262 e. The van der Waals surface area contributed by atoms with E-state index in [9.17, 15) is 24.4 Å². The van der Waals surface area contributed by atoms with Gasteiger partial charge in [0.2, 0.25) is 17.8 Å². The fourth-order valence-electron chi connectivity index (χ4n) is 8.85. The van der Waals surface area contributed by atoms with E-state index in [1.807, 2.05) is 30.6 Å². The minimum absolute atomic E-state index is 0.0971. The first-order valence-electron chi connectivity index (χ1n) is 19.9. The molecule has 5 aliphatic rings. The topological polar surface area (TPSA) is 161 Å². The predicted octanol–water partition coefficient (Wildman–Crippen LogP) is 3.41. The second-order valence-corrected chi connectivity index (χ2v) is 16.3. The number of nitrogens with one attached hydrogen (secondary N) is 2. The summed E-state index contributed by atoms with van der Waals surface area (Å²) < 4.78 is 0. The Labute approximate surface area is 337 Å². The number of amides is 4. The van der Waals surface area contributed by atoms with Gasteiger partial charge in [-0.25, -0.2) is 9.97 Å². The van der Waals surface area contributed by atoms with Crippen molar-refractivity contribution in [1.82, 2.24) is 30.0 Å². The molecule has 16 heteroatoms. The summed E-state index contributed by atoms with van der Waals surface area (Å²) in [5, 5.41) is 15.5. The lowest BCUT2D eigenvalue weighted by molar-refractivity contribution is -0.136. The van der Waals surface area contributed by atoms with Crippen molar-refractivity contribution in [1.29, 1.82) is 5.26 Å². The van der Waals surface area contributed by atoms with Crippen molar-refractivity contribution in [3.05, 3.63) is 70.5 Å². The fourth-order valence-corrected chi connectivity index (χ4v) is 9.06. The van der Waals surface area contributed by atoms with E-state index in [2.05, 4.69) is 55.0 Å². The van der Waals surface area contributed by atoms with E-state index < -0.39 is 23.8 Å².